The number of Topliss-reactive ketones (excluding diaryl/α,β-unsaturated/α-hetero) is 1. The lowest BCUT2D eigenvalue weighted by atomic mass is 9.97. The number of hydrogen-bond donors (Lipinski definition) is 0. The molecule has 4 aromatic carbocycles. The number of rotatable bonds is 9. The van der Waals surface area contributed by atoms with Crippen LogP contribution in [-0.2, 0) is 10.1 Å². The zero-order valence-electron chi connectivity index (χ0n) is 21.9. The Kier molecular flexibility index (Phi) is 8.11. The fourth-order valence-corrected chi connectivity index (χ4v) is 5.17. The van der Waals surface area contributed by atoms with E-state index in [1.54, 1.807) is 30.4 Å². The van der Waals surface area contributed by atoms with Gasteiger partial charge < -0.3 is 14.2 Å². The number of ketones is 1. The second kappa shape index (κ2) is 12.0. The van der Waals surface area contributed by atoms with Gasteiger partial charge in [-0.15, -0.1) is 0 Å². The van der Waals surface area contributed by atoms with Crippen molar-refractivity contribution in [2.75, 3.05) is 17.2 Å². The van der Waals surface area contributed by atoms with Crippen LogP contribution in [0.4, 0.5) is 5.69 Å². The van der Waals surface area contributed by atoms with Gasteiger partial charge in [-0.05, 0) is 52.6 Å². The van der Waals surface area contributed by atoms with Crippen molar-refractivity contribution in [3.8, 4) is 22.9 Å². The van der Waals surface area contributed by atoms with Gasteiger partial charge in [0.05, 0.1) is 21.4 Å². The summed E-state index contributed by atoms with van der Waals surface area (Å²) in [5, 5.41) is 11.4. The van der Waals surface area contributed by atoms with E-state index in [9.17, 15) is 23.0 Å². The van der Waals surface area contributed by atoms with Crippen LogP contribution in [0.5, 0.6) is 5.75 Å². The first-order valence-electron chi connectivity index (χ1n) is 12.9. The molecule has 1 aliphatic heterocycles. The van der Waals surface area contributed by atoms with E-state index in [0.29, 0.717) is 17.2 Å². The third kappa shape index (κ3) is 6.44. The molecule has 0 radical (unpaired) electrons. The number of ether oxygens (including phenoxy) is 1. The molecule has 204 valence electrons. The van der Waals surface area contributed by atoms with E-state index in [-0.39, 0.29) is 24.3 Å². The Morgan fingerprint density at radius 1 is 0.927 bits per heavy atom. The first-order valence-corrected chi connectivity index (χ1v) is 14.5. The minimum atomic E-state index is -4.36. The molecule has 0 fully saturated rings. The lowest BCUT2D eigenvalue weighted by Gasteiger charge is -2.19. The molecule has 0 saturated carbocycles. The summed E-state index contributed by atoms with van der Waals surface area (Å²) in [5.41, 5.74) is 3.15. The molecule has 4 aromatic rings. The Morgan fingerprint density at radius 3 is 2.46 bits per heavy atom. The van der Waals surface area contributed by atoms with Gasteiger partial charge in [-0.1, -0.05) is 91.0 Å². The molecule has 0 unspecified atom stereocenters. The smallest absolute Gasteiger partial charge is 0.204 e. The maximum absolute atomic E-state index is 13.1. The van der Waals surface area contributed by atoms with E-state index >= 15 is 0 Å². The van der Waals surface area contributed by atoms with Crippen LogP contribution >= 0.6 is 0 Å². The second-order valence-electron chi connectivity index (χ2n) is 9.36. The van der Waals surface area contributed by atoms with Gasteiger partial charge in [0, 0.05) is 17.9 Å². The van der Waals surface area contributed by atoms with Crippen molar-refractivity contribution >= 4 is 32.4 Å². The maximum atomic E-state index is 13.1. The number of fused-ring (bicyclic) bond motifs is 2. The van der Waals surface area contributed by atoms with Crippen molar-refractivity contribution in [3.05, 3.63) is 132 Å². The standard InChI is InChI=1S/C33H26N2O5S/c34-23-27(33(36)29-16-8-14-25-12-4-6-15-28(25)29)13-5-7-17-32-35(20-9-21-41(37,38)39)30-22-26(18-19-31(30)40-32)24-10-2-1-3-11-24/h1-8,10-19,22H,9,20-21H2,(H,37,38,39)/p-1/b7-5+,27-13+,32-17-. The van der Waals surface area contributed by atoms with Gasteiger partial charge in [0.15, 0.2) is 5.75 Å². The van der Waals surface area contributed by atoms with Crippen LogP contribution in [0.3, 0.4) is 0 Å². The van der Waals surface area contributed by atoms with Gasteiger partial charge in [0.1, 0.15) is 6.07 Å². The zero-order chi connectivity index (χ0) is 28.8. The normalized spacial score (nSPS) is 14.3. The summed E-state index contributed by atoms with van der Waals surface area (Å²) in [5.74, 6) is 0.149. The van der Waals surface area contributed by atoms with Gasteiger partial charge in [0.2, 0.25) is 11.7 Å². The summed E-state index contributed by atoms with van der Waals surface area (Å²) in [6, 6.07) is 30.4. The van der Waals surface area contributed by atoms with E-state index in [4.69, 9.17) is 4.74 Å². The van der Waals surface area contributed by atoms with Gasteiger partial charge in [-0.3, -0.25) is 4.79 Å². The van der Waals surface area contributed by atoms with Gasteiger partial charge >= 0.3 is 0 Å². The van der Waals surface area contributed by atoms with Gasteiger partial charge in [-0.2, -0.15) is 5.26 Å². The molecule has 0 bridgehead atoms. The Labute approximate surface area is 238 Å². The average molecular weight is 562 g/mol. The number of carbonyl (C=O) groups is 1. The molecule has 5 rings (SSSR count). The molecule has 0 aliphatic carbocycles. The van der Waals surface area contributed by atoms with E-state index in [0.717, 1.165) is 27.6 Å². The number of nitrogens with zero attached hydrogens (tertiary/aromatic N) is 2. The molecule has 1 aliphatic rings. The number of benzene rings is 4. The minimum Gasteiger partial charge on any atom is -0.748 e. The summed E-state index contributed by atoms with van der Waals surface area (Å²) in [6.45, 7) is 0.241. The van der Waals surface area contributed by atoms with Crippen LogP contribution in [0.2, 0.25) is 0 Å². The monoisotopic (exact) mass is 561 g/mol. The first-order chi connectivity index (χ1) is 19.8. The highest BCUT2D eigenvalue weighted by molar-refractivity contribution is 7.85. The number of anilines is 1. The number of allylic oxidation sites excluding steroid dienone is 5. The van der Waals surface area contributed by atoms with Crippen LogP contribution in [0.1, 0.15) is 16.8 Å². The Hall–Kier alpha value is -4.97. The van der Waals surface area contributed by atoms with E-state index in [2.05, 4.69) is 0 Å². The van der Waals surface area contributed by atoms with Crippen LogP contribution in [0.15, 0.2) is 127 Å². The molecule has 8 heteroatoms. The maximum Gasteiger partial charge on any atom is 0.204 e. The lowest BCUT2D eigenvalue weighted by molar-refractivity contribution is 0.104. The minimum absolute atomic E-state index is 0.0170. The van der Waals surface area contributed by atoms with E-state index < -0.39 is 15.9 Å². The van der Waals surface area contributed by atoms with Crippen molar-refractivity contribution in [2.45, 2.75) is 6.42 Å². The molecule has 41 heavy (non-hydrogen) atoms. The summed E-state index contributed by atoms with van der Waals surface area (Å²) < 4.78 is 39.7. The summed E-state index contributed by atoms with van der Waals surface area (Å²) in [7, 11) is -4.36. The number of hydrogen-bond acceptors (Lipinski definition) is 7. The SMILES string of the molecule is N#C\C(=C/C=C/C=C1\Oc2ccc(-c3ccccc3)cc2N1CCCS(=O)(=O)[O-])C(=O)c1cccc2ccccc12. The van der Waals surface area contributed by atoms with Crippen LogP contribution in [-0.4, -0.2) is 31.1 Å². The highest BCUT2D eigenvalue weighted by atomic mass is 32.2. The van der Waals surface area contributed by atoms with Crippen LogP contribution < -0.4 is 9.64 Å². The third-order valence-electron chi connectivity index (χ3n) is 6.63. The second-order valence-corrected chi connectivity index (χ2v) is 10.9. The molecular weight excluding hydrogens is 536 g/mol. The molecule has 0 atom stereocenters. The van der Waals surface area contributed by atoms with E-state index in [1.807, 2.05) is 89.8 Å². The fraction of sp³-hybridized carbons (Fsp3) is 0.0909. The Morgan fingerprint density at radius 2 is 1.68 bits per heavy atom. The summed E-state index contributed by atoms with van der Waals surface area (Å²) in [6.07, 6.45) is 6.46. The molecule has 0 amide bonds. The van der Waals surface area contributed by atoms with Crippen molar-refractivity contribution in [1.29, 1.82) is 5.26 Å². The van der Waals surface area contributed by atoms with Gasteiger partial charge in [-0.25, -0.2) is 8.42 Å². The molecule has 0 spiro atoms. The molecule has 0 aromatic heterocycles. The predicted molar refractivity (Wildman–Crippen MR) is 158 cm³/mol. The lowest BCUT2D eigenvalue weighted by Crippen LogP contribution is -2.23. The van der Waals surface area contributed by atoms with Crippen molar-refractivity contribution in [2.24, 2.45) is 0 Å². The number of nitriles is 1. The summed E-state index contributed by atoms with van der Waals surface area (Å²) >= 11 is 0. The third-order valence-corrected chi connectivity index (χ3v) is 7.41. The summed E-state index contributed by atoms with van der Waals surface area (Å²) in [4.78, 5) is 15.0. The fourth-order valence-electron chi connectivity index (χ4n) is 4.69. The Bertz CT molecular complexity index is 1850. The van der Waals surface area contributed by atoms with Crippen molar-refractivity contribution in [3.63, 3.8) is 0 Å². The van der Waals surface area contributed by atoms with Crippen LogP contribution in [0, 0.1) is 11.3 Å². The van der Waals surface area contributed by atoms with Crippen molar-refractivity contribution in [1.82, 2.24) is 0 Å². The highest BCUT2D eigenvalue weighted by Gasteiger charge is 2.26. The molecule has 1 heterocycles. The average Bonchev–Trinajstić information content (AvgIpc) is 3.32. The highest BCUT2D eigenvalue weighted by Crippen LogP contribution is 2.41. The zero-order valence-corrected chi connectivity index (χ0v) is 22.8. The van der Waals surface area contributed by atoms with Crippen molar-refractivity contribution < 1.29 is 22.5 Å². The molecular formula is C33H25N2O5S-. The Balaban J connectivity index is 1.40. The van der Waals surface area contributed by atoms with Crippen LogP contribution in [0.25, 0.3) is 21.9 Å². The molecule has 7 nitrogen and oxygen atoms in total. The largest absolute Gasteiger partial charge is 0.748 e. The van der Waals surface area contributed by atoms with E-state index in [1.165, 1.54) is 6.08 Å². The quantitative estimate of drug-likeness (QED) is 0.0767. The topological polar surface area (TPSA) is 111 Å². The predicted octanol–water partition coefficient (Wildman–Crippen LogP) is 6.37. The number of carbonyl (C=O) groups excluding carboxylic acids is 1. The first kappa shape index (κ1) is 27.6. The molecule has 0 saturated heterocycles. The molecule has 0 N–H and O–H groups in total. The van der Waals surface area contributed by atoms with Gasteiger partial charge in [0.25, 0.3) is 0 Å².